The van der Waals surface area contributed by atoms with E-state index in [-0.39, 0.29) is 11.9 Å². The Morgan fingerprint density at radius 2 is 1.54 bits per heavy atom. The van der Waals surface area contributed by atoms with E-state index in [2.05, 4.69) is 34.1 Å². The fraction of sp³-hybridized carbons (Fsp3) is 0.793. The van der Waals surface area contributed by atoms with E-state index in [1.54, 1.807) is 13.8 Å². The van der Waals surface area contributed by atoms with Crippen molar-refractivity contribution in [3.8, 4) is 0 Å². The van der Waals surface area contributed by atoms with Gasteiger partial charge in [-0.15, -0.1) is 0 Å². The second-order valence-corrected chi connectivity index (χ2v) is 12.3. The van der Waals surface area contributed by atoms with Crippen LogP contribution >= 0.6 is 0 Å². The Hall–Kier alpha value is -2.14. The first kappa shape index (κ1) is 31.4. The van der Waals surface area contributed by atoms with Crippen molar-refractivity contribution in [2.24, 2.45) is 5.92 Å². The van der Waals surface area contributed by atoms with Gasteiger partial charge in [-0.1, -0.05) is 71.6 Å². The Balaban J connectivity index is 1.52. The average molecular weight is 548 g/mol. The smallest absolute Gasteiger partial charge is 0.231 e. The predicted octanol–water partition coefficient (Wildman–Crippen LogP) is 4.67. The summed E-state index contributed by atoms with van der Waals surface area (Å²) < 4.78 is 7.65. The highest BCUT2D eigenvalue weighted by atomic mass is 16.6. The van der Waals surface area contributed by atoms with E-state index in [0.717, 1.165) is 25.2 Å². The van der Waals surface area contributed by atoms with Gasteiger partial charge in [0.15, 0.2) is 11.4 Å². The molecule has 2 aromatic rings. The van der Waals surface area contributed by atoms with Crippen LogP contribution in [0.15, 0.2) is 12.5 Å². The number of unbranched alkanes of at least 4 members (excludes halogenated alkanes) is 8. The first-order valence-electron chi connectivity index (χ1n) is 14.6. The van der Waals surface area contributed by atoms with Crippen LogP contribution in [-0.2, 0) is 15.3 Å². The number of amides is 1. The van der Waals surface area contributed by atoms with Gasteiger partial charge < -0.3 is 20.1 Å². The lowest BCUT2D eigenvalue weighted by molar-refractivity contribution is -0.192. The van der Waals surface area contributed by atoms with Crippen molar-refractivity contribution in [3.63, 3.8) is 0 Å². The van der Waals surface area contributed by atoms with Gasteiger partial charge in [-0.05, 0) is 40.0 Å². The Labute approximate surface area is 232 Å². The molecule has 3 heterocycles. The minimum absolute atomic E-state index is 0.129. The van der Waals surface area contributed by atoms with Crippen molar-refractivity contribution in [2.75, 3.05) is 11.9 Å². The monoisotopic (exact) mass is 547 g/mol. The standard InChI is InChI=1S/C29H49N5O5/c1-21(2)16-14-12-10-8-7-9-11-13-15-17-23(36)32-25-30-18-22-24(33-25)34(20-31-22)29(6)28(5,38)27(4,37)26(3,19-35)39-29/h18,20-21,35,37-38H,7-17,19H2,1-6H3,(H,30,32,33,36). The third-order valence-electron chi connectivity index (χ3n) is 8.79. The number of nitrogens with zero attached hydrogens (tertiary/aromatic N) is 4. The summed E-state index contributed by atoms with van der Waals surface area (Å²) in [6, 6.07) is 0. The number of aliphatic hydroxyl groups is 3. The van der Waals surface area contributed by atoms with Crippen molar-refractivity contribution < 1.29 is 24.9 Å². The second kappa shape index (κ2) is 12.6. The van der Waals surface area contributed by atoms with Crippen LogP contribution in [0.4, 0.5) is 5.95 Å². The van der Waals surface area contributed by atoms with Gasteiger partial charge in [0.2, 0.25) is 11.9 Å². The van der Waals surface area contributed by atoms with Crippen LogP contribution in [0.5, 0.6) is 0 Å². The Morgan fingerprint density at radius 1 is 0.949 bits per heavy atom. The molecule has 1 aliphatic heterocycles. The number of carbonyl (C=O) groups is 1. The highest BCUT2D eigenvalue weighted by molar-refractivity contribution is 5.89. The first-order chi connectivity index (χ1) is 18.3. The molecule has 0 aromatic carbocycles. The topological polar surface area (TPSA) is 143 Å². The van der Waals surface area contributed by atoms with Gasteiger partial charge in [0.1, 0.15) is 22.3 Å². The highest BCUT2D eigenvalue weighted by Crippen LogP contribution is 2.54. The number of aliphatic hydroxyl groups excluding tert-OH is 1. The molecule has 4 unspecified atom stereocenters. The molecule has 0 saturated carbocycles. The van der Waals surface area contributed by atoms with Gasteiger partial charge in [-0.2, -0.15) is 4.98 Å². The molecule has 39 heavy (non-hydrogen) atoms. The molecule has 4 atom stereocenters. The molecule has 1 aliphatic rings. The van der Waals surface area contributed by atoms with E-state index >= 15 is 0 Å². The van der Waals surface area contributed by atoms with E-state index in [4.69, 9.17) is 4.74 Å². The van der Waals surface area contributed by atoms with Gasteiger partial charge in [0.05, 0.1) is 19.1 Å². The number of carbonyl (C=O) groups excluding carboxylic acids is 1. The van der Waals surface area contributed by atoms with Crippen molar-refractivity contribution >= 4 is 23.0 Å². The maximum atomic E-state index is 12.5. The van der Waals surface area contributed by atoms with E-state index in [0.29, 0.717) is 17.6 Å². The number of hydrogen-bond acceptors (Lipinski definition) is 8. The number of fused-ring (bicyclic) bond motifs is 1. The highest BCUT2D eigenvalue weighted by Gasteiger charge is 2.72. The predicted molar refractivity (Wildman–Crippen MR) is 151 cm³/mol. The molecular formula is C29H49N5O5. The minimum atomic E-state index is -1.83. The van der Waals surface area contributed by atoms with Crippen molar-refractivity contribution in [3.05, 3.63) is 12.5 Å². The average Bonchev–Trinajstić information content (AvgIpc) is 3.34. The van der Waals surface area contributed by atoms with Crippen LogP contribution in [0.2, 0.25) is 0 Å². The van der Waals surface area contributed by atoms with Gasteiger partial charge in [-0.3, -0.25) is 14.7 Å². The zero-order valence-corrected chi connectivity index (χ0v) is 24.7. The van der Waals surface area contributed by atoms with Crippen molar-refractivity contribution in [1.82, 2.24) is 19.5 Å². The third-order valence-corrected chi connectivity index (χ3v) is 8.79. The van der Waals surface area contributed by atoms with Gasteiger partial charge in [0.25, 0.3) is 0 Å². The number of rotatable bonds is 15. The fourth-order valence-corrected chi connectivity index (χ4v) is 5.52. The van der Waals surface area contributed by atoms with Crippen LogP contribution < -0.4 is 5.32 Å². The minimum Gasteiger partial charge on any atom is -0.393 e. The number of aromatic nitrogens is 4. The Bertz CT molecular complexity index is 1100. The molecule has 10 nitrogen and oxygen atoms in total. The molecule has 1 amide bonds. The normalized spacial score (nSPS) is 29.0. The molecule has 1 saturated heterocycles. The third kappa shape index (κ3) is 6.45. The zero-order valence-electron chi connectivity index (χ0n) is 24.7. The van der Waals surface area contributed by atoms with Crippen LogP contribution in [0, 0.1) is 5.92 Å². The summed E-state index contributed by atoms with van der Waals surface area (Å²) in [5.74, 6) is 0.775. The molecule has 0 spiro atoms. The van der Waals surface area contributed by atoms with Crippen LogP contribution in [0.25, 0.3) is 11.2 Å². The van der Waals surface area contributed by atoms with E-state index < -0.39 is 29.1 Å². The summed E-state index contributed by atoms with van der Waals surface area (Å²) in [6.45, 7) is 10.1. The number of anilines is 1. The van der Waals surface area contributed by atoms with Crippen LogP contribution in [0.3, 0.4) is 0 Å². The molecule has 0 aliphatic carbocycles. The first-order valence-corrected chi connectivity index (χ1v) is 14.6. The Morgan fingerprint density at radius 3 is 2.10 bits per heavy atom. The number of nitrogens with one attached hydrogen (secondary N) is 1. The summed E-state index contributed by atoms with van der Waals surface area (Å²) in [5, 5.41) is 35.4. The Kier molecular flexibility index (Phi) is 10.1. The maximum Gasteiger partial charge on any atom is 0.231 e. The molecule has 0 radical (unpaired) electrons. The summed E-state index contributed by atoms with van der Waals surface area (Å²) in [5.41, 5.74) is -5.83. The summed E-state index contributed by atoms with van der Waals surface area (Å²) in [7, 11) is 0. The summed E-state index contributed by atoms with van der Waals surface area (Å²) >= 11 is 0. The number of imidazole rings is 1. The maximum absolute atomic E-state index is 12.5. The lowest BCUT2D eigenvalue weighted by Gasteiger charge is -2.42. The van der Waals surface area contributed by atoms with Gasteiger partial charge in [-0.25, -0.2) is 9.97 Å². The van der Waals surface area contributed by atoms with Gasteiger partial charge in [0, 0.05) is 6.42 Å². The SMILES string of the molecule is CC(C)CCCCCCCCCCCC(=O)Nc1ncc2ncn(C3(C)OC(C)(CO)C(C)(O)C3(C)O)c2n1. The fourth-order valence-electron chi connectivity index (χ4n) is 5.52. The lowest BCUT2D eigenvalue weighted by Crippen LogP contribution is -2.63. The number of hydrogen-bond donors (Lipinski definition) is 4. The second-order valence-electron chi connectivity index (χ2n) is 12.3. The molecule has 2 aromatic heterocycles. The van der Waals surface area contributed by atoms with Crippen LogP contribution in [-0.4, -0.2) is 64.2 Å². The van der Waals surface area contributed by atoms with Crippen molar-refractivity contribution in [2.45, 2.75) is 135 Å². The molecule has 1 fully saturated rings. The molecule has 4 N–H and O–H groups in total. The lowest BCUT2D eigenvalue weighted by atomic mass is 9.73. The van der Waals surface area contributed by atoms with Crippen molar-refractivity contribution in [1.29, 1.82) is 0 Å². The zero-order chi connectivity index (χ0) is 28.9. The van der Waals surface area contributed by atoms with E-state index in [1.165, 1.54) is 75.9 Å². The summed E-state index contributed by atoms with van der Waals surface area (Å²) in [6.07, 6.45) is 15.4. The number of ether oxygens (including phenoxy) is 1. The van der Waals surface area contributed by atoms with Gasteiger partial charge >= 0.3 is 0 Å². The molecule has 220 valence electrons. The van der Waals surface area contributed by atoms with E-state index in [1.807, 2.05) is 0 Å². The molecular weight excluding hydrogens is 498 g/mol. The quantitative estimate of drug-likeness (QED) is 0.236. The molecule has 3 rings (SSSR count). The van der Waals surface area contributed by atoms with E-state index in [9.17, 15) is 20.1 Å². The summed E-state index contributed by atoms with van der Waals surface area (Å²) in [4.78, 5) is 25.6. The van der Waals surface area contributed by atoms with Crippen LogP contribution in [0.1, 0.15) is 112 Å². The molecule has 10 heteroatoms. The molecule has 0 bridgehead atoms. The largest absolute Gasteiger partial charge is 0.393 e.